The van der Waals surface area contributed by atoms with Gasteiger partial charge in [-0.1, -0.05) is 40.4 Å². The van der Waals surface area contributed by atoms with Crippen molar-refractivity contribution in [3.63, 3.8) is 0 Å². The number of carbonyl (C=O) groups is 1. The van der Waals surface area contributed by atoms with Crippen LogP contribution in [0.5, 0.6) is 0 Å². The van der Waals surface area contributed by atoms with Crippen LogP contribution in [0.1, 0.15) is 44.0 Å². The van der Waals surface area contributed by atoms with Crippen LogP contribution in [-0.2, 0) is 27.2 Å². The molecule has 6 nitrogen and oxygen atoms in total. The summed E-state index contributed by atoms with van der Waals surface area (Å²) in [7, 11) is -3.03. The summed E-state index contributed by atoms with van der Waals surface area (Å²) in [6, 6.07) is 1.08. The van der Waals surface area contributed by atoms with Gasteiger partial charge in [-0.25, -0.2) is 9.78 Å². The van der Waals surface area contributed by atoms with Gasteiger partial charge in [-0.3, -0.25) is 0 Å². The van der Waals surface area contributed by atoms with Crippen LogP contribution in [0.4, 0.5) is 0 Å². The van der Waals surface area contributed by atoms with Gasteiger partial charge in [-0.2, -0.15) is 0 Å². The molecule has 0 aromatic carbocycles. The molecule has 0 spiro atoms. The predicted octanol–water partition coefficient (Wildman–Crippen LogP) is 4.89. The molecule has 0 fully saturated rings. The summed E-state index contributed by atoms with van der Waals surface area (Å²) < 4.78 is 18.9. The fourth-order valence-electron chi connectivity index (χ4n) is 2.01. The van der Waals surface area contributed by atoms with Crippen molar-refractivity contribution < 1.29 is 18.7 Å². The van der Waals surface area contributed by atoms with Gasteiger partial charge in [-0.15, -0.1) is 0 Å². The highest BCUT2D eigenvalue weighted by Gasteiger charge is 2.37. The van der Waals surface area contributed by atoms with E-state index < -0.39 is 22.4 Å². The van der Waals surface area contributed by atoms with E-state index in [0.29, 0.717) is 26.6 Å². The van der Waals surface area contributed by atoms with Crippen molar-refractivity contribution in [2.24, 2.45) is 0 Å². The number of nitrogens with zero attached hydrogens (tertiary/aromatic N) is 2. The van der Waals surface area contributed by atoms with E-state index in [-0.39, 0.29) is 10.9 Å². The van der Waals surface area contributed by atoms with Crippen molar-refractivity contribution in [1.29, 1.82) is 0 Å². The summed E-state index contributed by atoms with van der Waals surface area (Å²) >= 11 is 0. The average Bonchev–Trinajstić information content (AvgIpc) is 2.91. The smallest absolute Gasteiger partial charge is 0.374 e. The fourth-order valence-corrected chi connectivity index (χ4v) is 3.71. The molecule has 0 aliphatic rings. The van der Waals surface area contributed by atoms with Crippen molar-refractivity contribution in [3.8, 4) is 0 Å². The number of esters is 1. The maximum atomic E-state index is 12.2. The van der Waals surface area contributed by atoms with Crippen LogP contribution in [-0.4, -0.2) is 45.1 Å². The summed E-state index contributed by atoms with van der Waals surface area (Å²) in [5.41, 5.74) is 0.733. The van der Waals surface area contributed by atoms with Gasteiger partial charge in [0.05, 0.1) is 18.9 Å². The van der Waals surface area contributed by atoms with E-state index in [1.54, 1.807) is 11.5 Å². The summed E-state index contributed by atoms with van der Waals surface area (Å²) in [4.78, 5) is 16.7. The molecule has 0 unspecified atom stereocenters. The molecular formula is C19H38N2O4Si2. The molecule has 8 heteroatoms. The minimum absolute atomic E-state index is 0.124. The van der Waals surface area contributed by atoms with E-state index in [0.717, 1.165) is 11.7 Å². The van der Waals surface area contributed by atoms with Crippen LogP contribution in [0.2, 0.25) is 43.8 Å². The van der Waals surface area contributed by atoms with Crippen molar-refractivity contribution in [2.45, 2.75) is 84.9 Å². The second-order valence-corrected chi connectivity index (χ2v) is 20.1. The third kappa shape index (κ3) is 7.89. The Morgan fingerprint density at radius 1 is 1.19 bits per heavy atom. The van der Waals surface area contributed by atoms with Gasteiger partial charge < -0.3 is 18.5 Å². The van der Waals surface area contributed by atoms with Crippen LogP contribution in [0.25, 0.3) is 0 Å². The van der Waals surface area contributed by atoms with Crippen LogP contribution in [0.15, 0.2) is 6.20 Å². The number of ether oxygens (including phenoxy) is 2. The molecule has 1 heterocycles. The molecule has 0 amide bonds. The van der Waals surface area contributed by atoms with Gasteiger partial charge in [0.15, 0.2) is 8.32 Å². The molecule has 27 heavy (non-hydrogen) atoms. The normalized spacial score (nSPS) is 13.1. The van der Waals surface area contributed by atoms with Crippen LogP contribution >= 0.6 is 0 Å². The quantitative estimate of drug-likeness (QED) is 0.310. The maximum Gasteiger partial charge on any atom is 0.374 e. The minimum atomic E-state index is -1.88. The summed E-state index contributed by atoms with van der Waals surface area (Å²) in [5, 5.41) is 0.124. The monoisotopic (exact) mass is 414 g/mol. The van der Waals surface area contributed by atoms with Gasteiger partial charge in [0, 0.05) is 20.9 Å². The van der Waals surface area contributed by atoms with Crippen LogP contribution in [0, 0.1) is 0 Å². The topological polar surface area (TPSA) is 62.6 Å². The molecule has 0 atom stereocenters. The molecule has 0 N–H and O–H groups in total. The highest BCUT2D eigenvalue weighted by atomic mass is 28.4. The van der Waals surface area contributed by atoms with E-state index in [4.69, 9.17) is 13.9 Å². The molecule has 1 aromatic rings. The van der Waals surface area contributed by atoms with E-state index in [2.05, 4.69) is 58.5 Å². The lowest BCUT2D eigenvalue weighted by molar-refractivity contribution is 0.0464. The number of aromatic nitrogens is 2. The summed E-state index contributed by atoms with van der Waals surface area (Å²) in [6.45, 7) is 21.4. The number of hydrogen-bond donors (Lipinski definition) is 0. The minimum Gasteiger partial charge on any atom is -0.460 e. The molecule has 0 bridgehead atoms. The van der Waals surface area contributed by atoms with Crippen molar-refractivity contribution >= 4 is 22.4 Å². The number of hydrogen-bond acceptors (Lipinski definition) is 5. The van der Waals surface area contributed by atoms with E-state index in [9.17, 15) is 4.79 Å². The lowest BCUT2D eigenvalue weighted by Gasteiger charge is -2.35. The van der Waals surface area contributed by atoms with E-state index in [1.165, 1.54) is 0 Å². The average molecular weight is 415 g/mol. The Morgan fingerprint density at radius 2 is 1.81 bits per heavy atom. The number of imidazole rings is 1. The molecule has 1 aromatic heterocycles. The fraction of sp³-hybridized carbons (Fsp3) is 0.789. The third-order valence-electron chi connectivity index (χ3n) is 4.90. The second-order valence-electron chi connectivity index (χ2n) is 9.64. The number of carbonyl (C=O) groups excluding carboxylic acids is 1. The molecule has 0 saturated carbocycles. The Hall–Kier alpha value is -0.966. The zero-order valence-corrected chi connectivity index (χ0v) is 20.6. The molecule has 0 radical (unpaired) electrons. The Kier molecular flexibility index (Phi) is 8.46. The molecule has 1 rings (SSSR count). The molecule has 0 aliphatic heterocycles. The zero-order chi connectivity index (χ0) is 20.9. The highest BCUT2D eigenvalue weighted by Crippen LogP contribution is 2.37. The van der Waals surface area contributed by atoms with Crippen LogP contribution < -0.4 is 0 Å². The standard InChI is InChI=1S/C19H38N2O4Si2/c1-10-24-18(22)17-20-16(14-25-27(8,9)19(2,3)4)13-21(17)15-23-11-12-26(5,6)7/h13H,10-12,14-15H2,1-9H3. The van der Waals surface area contributed by atoms with Gasteiger partial charge in [0.25, 0.3) is 0 Å². The first-order valence-electron chi connectivity index (χ1n) is 9.72. The Balaban J connectivity index is 2.84. The van der Waals surface area contributed by atoms with E-state index >= 15 is 0 Å². The summed E-state index contributed by atoms with van der Waals surface area (Å²) in [6.07, 6.45) is 1.84. The molecular weight excluding hydrogens is 376 g/mol. The van der Waals surface area contributed by atoms with Crippen molar-refractivity contribution in [1.82, 2.24) is 9.55 Å². The first-order valence-corrected chi connectivity index (χ1v) is 16.3. The molecule has 156 valence electrons. The van der Waals surface area contributed by atoms with Gasteiger partial charge in [0.2, 0.25) is 5.82 Å². The predicted molar refractivity (Wildman–Crippen MR) is 114 cm³/mol. The zero-order valence-electron chi connectivity index (χ0n) is 18.6. The van der Waals surface area contributed by atoms with Crippen molar-refractivity contribution in [3.05, 3.63) is 17.7 Å². The Morgan fingerprint density at radius 3 is 2.33 bits per heavy atom. The molecule has 0 saturated heterocycles. The Bertz CT molecular complexity index is 616. The van der Waals surface area contributed by atoms with Gasteiger partial charge in [0.1, 0.15) is 6.73 Å². The SMILES string of the molecule is CCOC(=O)c1nc(CO[Si](C)(C)C(C)(C)C)cn1COCC[Si](C)(C)C. The lowest BCUT2D eigenvalue weighted by Crippen LogP contribution is -2.40. The van der Waals surface area contributed by atoms with Gasteiger partial charge in [-0.05, 0) is 31.1 Å². The van der Waals surface area contributed by atoms with Crippen molar-refractivity contribution in [2.75, 3.05) is 13.2 Å². The lowest BCUT2D eigenvalue weighted by atomic mass is 10.2. The largest absolute Gasteiger partial charge is 0.460 e. The summed E-state index contributed by atoms with van der Waals surface area (Å²) in [5.74, 6) is -0.149. The second kappa shape index (κ2) is 9.49. The highest BCUT2D eigenvalue weighted by molar-refractivity contribution is 6.76. The Labute approximate surface area is 166 Å². The first-order chi connectivity index (χ1) is 12.3. The molecule has 0 aliphatic carbocycles. The number of rotatable bonds is 10. The van der Waals surface area contributed by atoms with E-state index in [1.807, 2.05) is 6.20 Å². The maximum absolute atomic E-state index is 12.2. The van der Waals surface area contributed by atoms with Gasteiger partial charge >= 0.3 is 5.97 Å². The van der Waals surface area contributed by atoms with Crippen LogP contribution in [0.3, 0.4) is 0 Å². The first kappa shape index (κ1) is 24.1. The third-order valence-corrected chi connectivity index (χ3v) is 11.1.